The Balaban J connectivity index is 1.53. The summed E-state index contributed by atoms with van der Waals surface area (Å²) in [6.07, 6.45) is 3.65. The number of nitrogens with zero attached hydrogens (tertiary/aromatic N) is 3. The quantitative estimate of drug-likeness (QED) is 0.469. The highest BCUT2D eigenvalue weighted by Gasteiger charge is 2.35. The van der Waals surface area contributed by atoms with Gasteiger partial charge < -0.3 is 20.1 Å². The molecule has 0 aliphatic carbocycles. The Bertz CT molecular complexity index is 1490. The minimum atomic E-state index is -0.902. The summed E-state index contributed by atoms with van der Waals surface area (Å²) in [6.45, 7) is 4.23. The van der Waals surface area contributed by atoms with Gasteiger partial charge in [-0.1, -0.05) is 12.1 Å². The number of aryl methyl sites for hydroxylation is 1. The molecule has 1 aliphatic rings. The molecular weight excluding hydrogens is 451 g/mol. The molecule has 1 fully saturated rings. The number of aliphatic hydroxyl groups is 1. The number of amides is 2. The molecule has 5 rings (SSSR count). The third kappa shape index (κ3) is 3.87. The second-order valence-corrected chi connectivity index (χ2v) is 9.09. The smallest absolute Gasteiger partial charge is 0.255 e. The number of ether oxygens (including phenoxy) is 1. The molecule has 180 valence electrons. The zero-order valence-corrected chi connectivity index (χ0v) is 19.6. The second-order valence-electron chi connectivity index (χ2n) is 9.09. The number of nitrogens with one attached hydrogen (secondary N) is 1. The van der Waals surface area contributed by atoms with Gasteiger partial charge in [-0.2, -0.15) is 5.10 Å². The average molecular weight is 477 g/mol. The van der Waals surface area contributed by atoms with Gasteiger partial charge in [0.15, 0.2) is 17.3 Å². The molecule has 35 heavy (non-hydrogen) atoms. The summed E-state index contributed by atoms with van der Waals surface area (Å²) >= 11 is 0. The Morgan fingerprint density at radius 2 is 1.94 bits per heavy atom. The summed E-state index contributed by atoms with van der Waals surface area (Å²) in [6, 6.07) is 9.59. The van der Waals surface area contributed by atoms with Crippen LogP contribution >= 0.6 is 0 Å². The lowest BCUT2D eigenvalue weighted by atomic mass is 10.0. The van der Waals surface area contributed by atoms with E-state index in [1.165, 1.54) is 23.8 Å². The fourth-order valence-electron chi connectivity index (χ4n) is 4.64. The summed E-state index contributed by atoms with van der Waals surface area (Å²) in [7, 11) is 1.52. The van der Waals surface area contributed by atoms with Gasteiger partial charge in [0.1, 0.15) is 5.52 Å². The number of likely N-dealkylation sites (tertiary alicyclic amines) is 1. The van der Waals surface area contributed by atoms with Crippen molar-refractivity contribution in [2.24, 2.45) is 0 Å². The van der Waals surface area contributed by atoms with Crippen molar-refractivity contribution in [2.75, 3.05) is 20.1 Å². The Morgan fingerprint density at radius 3 is 2.66 bits per heavy atom. The van der Waals surface area contributed by atoms with E-state index in [9.17, 15) is 14.7 Å². The highest BCUT2D eigenvalue weighted by molar-refractivity contribution is 6.07. The van der Waals surface area contributed by atoms with E-state index in [1.54, 1.807) is 55.3 Å². The van der Waals surface area contributed by atoms with Crippen LogP contribution in [0.2, 0.25) is 0 Å². The van der Waals surface area contributed by atoms with Gasteiger partial charge in [-0.15, -0.1) is 0 Å². The van der Waals surface area contributed by atoms with E-state index >= 15 is 4.39 Å². The number of carbonyl (C=O) groups is 2. The van der Waals surface area contributed by atoms with Crippen molar-refractivity contribution < 1.29 is 23.8 Å². The monoisotopic (exact) mass is 476 g/mol. The minimum Gasteiger partial charge on any atom is -0.452 e. The number of hydrogen-bond acceptors (Lipinski definition) is 5. The van der Waals surface area contributed by atoms with E-state index in [2.05, 4.69) is 10.4 Å². The van der Waals surface area contributed by atoms with Gasteiger partial charge in [0.25, 0.3) is 11.8 Å². The summed E-state index contributed by atoms with van der Waals surface area (Å²) in [5, 5.41) is 17.8. The Morgan fingerprint density at radius 1 is 1.14 bits per heavy atom. The fraction of sp³-hybridized carbons (Fsp3) is 0.269. The number of aromatic nitrogens is 2. The summed E-state index contributed by atoms with van der Waals surface area (Å²) in [4.78, 5) is 26.9. The van der Waals surface area contributed by atoms with Crippen molar-refractivity contribution in [1.82, 2.24) is 19.8 Å². The number of rotatable bonds is 4. The Kier molecular flexibility index (Phi) is 5.44. The Labute approximate surface area is 200 Å². The van der Waals surface area contributed by atoms with Gasteiger partial charge in [0.2, 0.25) is 0 Å². The van der Waals surface area contributed by atoms with Crippen LogP contribution in [0.1, 0.15) is 39.6 Å². The maximum Gasteiger partial charge on any atom is 0.255 e. The molecule has 0 radical (unpaired) electrons. The predicted molar refractivity (Wildman–Crippen MR) is 128 cm³/mol. The predicted octanol–water partition coefficient (Wildman–Crippen LogP) is 3.68. The first kappa shape index (κ1) is 22.8. The number of β-amino-alcohol motifs (C(OH)–C–C–N with tert-alkyl or cyclic N) is 1. The van der Waals surface area contributed by atoms with Gasteiger partial charge in [-0.25, -0.2) is 8.91 Å². The van der Waals surface area contributed by atoms with Crippen molar-refractivity contribution in [2.45, 2.75) is 25.9 Å². The first-order valence-corrected chi connectivity index (χ1v) is 11.3. The largest absolute Gasteiger partial charge is 0.452 e. The Hall–Kier alpha value is -3.98. The molecule has 1 aliphatic heterocycles. The molecule has 0 bridgehead atoms. The lowest BCUT2D eigenvalue weighted by molar-refractivity contribution is 0.0572. The summed E-state index contributed by atoms with van der Waals surface area (Å²) in [5.74, 6) is -0.771. The van der Waals surface area contributed by atoms with Crippen LogP contribution in [0, 0.1) is 12.7 Å². The SMILES string of the molecule is CNC(=O)c1cccc2c(F)c(Oc3ccnn4cc(C(=O)N5CCC(C)(O)C5)c(C)c34)ccc12. The van der Waals surface area contributed by atoms with Crippen molar-refractivity contribution in [3.05, 3.63) is 71.3 Å². The molecule has 9 heteroatoms. The van der Waals surface area contributed by atoms with Crippen LogP contribution < -0.4 is 10.1 Å². The molecule has 2 amide bonds. The zero-order valence-electron chi connectivity index (χ0n) is 19.6. The molecule has 0 spiro atoms. The molecule has 0 saturated carbocycles. The maximum atomic E-state index is 15.4. The normalized spacial score (nSPS) is 17.8. The molecule has 2 aromatic heterocycles. The van der Waals surface area contributed by atoms with Crippen LogP contribution in [0.4, 0.5) is 4.39 Å². The highest BCUT2D eigenvalue weighted by Crippen LogP contribution is 2.35. The third-order valence-corrected chi connectivity index (χ3v) is 6.51. The van der Waals surface area contributed by atoms with E-state index in [1.807, 2.05) is 0 Å². The van der Waals surface area contributed by atoms with Crippen molar-refractivity contribution in [3.63, 3.8) is 0 Å². The van der Waals surface area contributed by atoms with Crippen LogP contribution in [0.15, 0.2) is 48.8 Å². The zero-order chi connectivity index (χ0) is 24.9. The number of carbonyl (C=O) groups excluding carboxylic acids is 2. The lowest BCUT2D eigenvalue weighted by Crippen LogP contribution is -2.34. The topological polar surface area (TPSA) is 96.2 Å². The van der Waals surface area contributed by atoms with E-state index in [-0.39, 0.29) is 29.5 Å². The number of hydrogen-bond donors (Lipinski definition) is 2. The molecule has 8 nitrogen and oxygen atoms in total. The van der Waals surface area contributed by atoms with Crippen LogP contribution in [-0.2, 0) is 0 Å². The minimum absolute atomic E-state index is 0.0104. The lowest BCUT2D eigenvalue weighted by Gasteiger charge is -2.18. The molecule has 1 atom stereocenters. The average Bonchev–Trinajstić information content (AvgIpc) is 3.39. The van der Waals surface area contributed by atoms with Crippen molar-refractivity contribution in [1.29, 1.82) is 0 Å². The molecule has 4 aromatic rings. The van der Waals surface area contributed by atoms with E-state index < -0.39 is 11.4 Å². The first-order chi connectivity index (χ1) is 16.7. The molecule has 2 aromatic carbocycles. The van der Waals surface area contributed by atoms with Gasteiger partial charge in [0, 0.05) is 43.4 Å². The molecular formula is C26H25FN4O4. The van der Waals surface area contributed by atoms with Gasteiger partial charge in [-0.3, -0.25) is 9.59 Å². The van der Waals surface area contributed by atoms with E-state index in [4.69, 9.17) is 4.74 Å². The standard InChI is InChI=1S/C26H25FN4O4/c1-15-19(25(33)30-12-10-26(2,34)14-30)13-31-23(15)21(9-11-29-31)35-20-8-7-16-17(22(20)27)5-4-6-18(16)24(32)28-3/h4-9,11,13,34H,10,12,14H2,1-3H3,(H,28,32). The number of benzene rings is 2. The first-order valence-electron chi connectivity index (χ1n) is 11.3. The summed E-state index contributed by atoms with van der Waals surface area (Å²) in [5.41, 5.74) is 1.10. The molecule has 1 saturated heterocycles. The van der Waals surface area contributed by atoms with Crippen molar-refractivity contribution in [3.8, 4) is 11.5 Å². The van der Waals surface area contributed by atoms with Crippen LogP contribution in [-0.4, -0.2) is 57.2 Å². The highest BCUT2D eigenvalue weighted by atomic mass is 19.1. The third-order valence-electron chi connectivity index (χ3n) is 6.51. The van der Waals surface area contributed by atoms with Crippen molar-refractivity contribution >= 4 is 28.1 Å². The van der Waals surface area contributed by atoms with E-state index in [0.29, 0.717) is 46.3 Å². The van der Waals surface area contributed by atoms with Gasteiger partial charge in [-0.05, 0) is 49.4 Å². The molecule has 2 N–H and O–H groups in total. The molecule has 1 unspecified atom stereocenters. The van der Waals surface area contributed by atoms with E-state index in [0.717, 1.165) is 0 Å². The number of halogens is 1. The van der Waals surface area contributed by atoms with Crippen LogP contribution in [0.25, 0.3) is 16.3 Å². The molecule has 3 heterocycles. The van der Waals surface area contributed by atoms with Crippen LogP contribution in [0.5, 0.6) is 11.5 Å². The van der Waals surface area contributed by atoms with Gasteiger partial charge in [0.05, 0.1) is 17.4 Å². The fourth-order valence-corrected chi connectivity index (χ4v) is 4.64. The maximum absolute atomic E-state index is 15.4. The van der Waals surface area contributed by atoms with Gasteiger partial charge >= 0.3 is 0 Å². The van der Waals surface area contributed by atoms with Crippen LogP contribution in [0.3, 0.4) is 0 Å². The summed E-state index contributed by atoms with van der Waals surface area (Å²) < 4.78 is 23.0. The second kappa shape index (κ2) is 8.35. The number of fused-ring (bicyclic) bond motifs is 2.